The van der Waals surface area contributed by atoms with Gasteiger partial charge in [0.1, 0.15) is 5.82 Å². The van der Waals surface area contributed by atoms with Gasteiger partial charge in [0.2, 0.25) is 11.9 Å². The van der Waals surface area contributed by atoms with Crippen LogP contribution in [-0.2, 0) is 4.79 Å². The van der Waals surface area contributed by atoms with Gasteiger partial charge in [0.25, 0.3) is 0 Å². The zero-order valence-electron chi connectivity index (χ0n) is 22.1. The predicted molar refractivity (Wildman–Crippen MR) is 145 cm³/mol. The zero-order valence-corrected chi connectivity index (χ0v) is 22.1. The zero-order chi connectivity index (χ0) is 24.6. The third kappa shape index (κ3) is 6.68. The van der Waals surface area contributed by atoms with Gasteiger partial charge < -0.3 is 20.9 Å². The van der Waals surface area contributed by atoms with Gasteiger partial charge in [0.05, 0.1) is 5.92 Å². The van der Waals surface area contributed by atoms with Gasteiger partial charge in [-0.1, -0.05) is 32.1 Å². The van der Waals surface area contributed by atoms with Crippen molar-refractivity contribution < 1.29 is 4.79 Å². The third-order valence-electron chi connectivity index (χ3n) is 8.92. The summed E-state index contributed by atoms with van der Waals surface area (Å²) in [7, 11) is 0. The van der Waals surface area contributed by atoms with E-state index in [1.807, 2.05) is 6.20 Å². The summed E-state index contributed by atoms with van der Waals surface area (Å²) in [5.41, 5.74) is 0. The van der Waals surface area contributed by atoms with Crippen LogP contribution >= 0.6 is 0 Å². The Labute approximate surface area is 217 Å². The summed E-state index contributed by atoms with van der Waals surface area (Å²) in [4.78, 5) is 27.5. The van der Waals surface area contributed by atoms with Crippen molar-refractivity contribution in [2.24, 2.45) is 5.92 Å². The molecule has 4 aliphatic rings. The highest BCUT2D eigenvalue weighted by molar-refractivity contribution is 5.78. The molecule has 8 nitrogen and oxygen atoms in total. The van der Waals surface area contributed by atoms with Gasteiger partial charge in [-0.05, 0) is 64.0 Å². The molecule has 1 aromatic heterocycles. The van der Waals surface area contributed by atoms with E-state index < -0.39 is 0 Å². The predicted octanol–water partition coefficient (Wildman–Crippen LogP) is 3.55. The molecule has 4 fully saturated rings. The molecule has 3 N–H and O–H groups in total. The minimum absolute atomic E-state index is 0.126. The van der Waals surface area contributed by atoms with E-state index in [1.54, 1.807) is 0 Å². The smallest absolute Gasteiger partial charge is 0.224 e. The average Bonchev–Trinajstić information content (AvgIpc) is 3.12. The summed E-state index contributed by atoms with van der Waals surface area (Å²) in [6, 6.07) is 3.47. The fourth-order valence-electron chi connectivity index (χ4n) is 6.90. The minimum atomic E-state index is 0.126. The number of nitrogens with one attached hydrogen (secondary N) is 3. The molecule has 0 spiro atoms. The molecule has 0 radical (unpaired) electrons. The van der Waals surface area contributed by atoms with Crippen molar-refractivity contribution in [3.05, 3.63) is 12.3 Å². The van der Waals surface area contributed by atoms with Crippen LogP contribution in [-0.4, -0.2) is 78.2 Å². The lowest BCUT2D eigenvalue weighted by molar-refractivity contribution is -0.125. The number of aromatic nitrogens is 2. The Kier molecular flexibility index (Phi) is 9.31. The molecule has 3 saturated heterocycles. The Morgan fingerprint density at radius 3 is 2.56 bits per heavy atom. The van der Waals surface area contributed by atoms with Crippen LogP contribution in [0.3, 0.4) is 0 Å². The summed E-state index contributed by atoms with van der Waals surface area (Å²) in [5, 5.41) is 10.4. The normalized spacial score (nSPS) is 28.6. The van der Waals surface area contributed by atoms with Crippen LogP contribution in [0.2, 0.25) is 0 Å². The lowest BCUT2D eigenvalue weighted by atomic mass is 9.93. The lowest BCUT2D eigenvalue weighted by Crippen LogP contribution is -2.47. The quantitative estimate of drug-likeness (QED) is 0.506. The lowest BCUT2D eigenvalue weighted by Gasteiger charge is -2.37. The number of hydrogen-bond acceptors (Lipinski definition) is 7. The maximum atomic E-state index is 12.7. The molecule has 3 atom stereocenters. The number of carbonyl (C=O) groups is 1. The highest BCUT2D eigenvalue weighted by Gasteiger charge is 2.38. The van der Waals surface area contributed by atoms with Crippen LogP contribution in [0.4, 0.5) is 11.8 Å². The monoisotopic (exact) mass is 497 g/mol. The van der Waals surface area contributed by atoms with Crippen LogP contribution in [0.15, 0.2) is 12.3 Å². The van der Waals surface area contributed by atoms with Crippen molar-refractivity contribution in [1.82, 2.24) is 25.5 Å². The highest BCUT2D eigenvalue weighted by Crippen LogP contribution is 2.32. The summed E-state index contributed by atoms with van der Waals surface area (Å²) in [6.45, 7) is 5.91. The summed E-state index contributed by atoms with van der Waals surface area (Å²) >= 11 is 0. The molecule has 36 heavy (non-hydrogen) atoms. The van der Waals surface area contributed by atoms with E-state index >= 15 is 0 Å². The van der Waals surface area contributed by atoms with E-state index in [4.69, 9.17) is 4.98 Å². The fourth-order valence-corrected chi connectivity index (χ4v) is 6.90. The number of anilines is 2. The molecule has 2 unspecified atom stereocenters. The van der Waals surface area contributed by atoms with E-state index in [1.165, 1.54) is 57.8 Å². The maximum Gasteiger partial charge on any atom is 0.224 e. The first kappa shape index (κ1) is 25.7. The van der Waals surface area contributed by atoms with E-state index in [2.05, 4.69) is 36.8 Å². The number of carbonyl (C=O) groups excluding carboxylic acids is 1. The molecule has 1 aliphatic carbocycles. The largest absolute Gasteiger partial charge is 0.356 e. The summed E-state index contributed by atoms with van der Waals surface area (Å²) < 4.78 is 0. The van der Waals surface area contributed by atoms with Gasteiger partial charge in [0.15, 0.2) is 0 Å². The first-order chi connectivity index (χ1) is 17.8. The average molecular weight is 498 g/mol. The van der Waals surface area contributed by atoms with Crippen LogP contribution in [0.1, 0.15) is 83.5 Å². The van der Waals surface area contributed by atoms with E-state index in [0.717, 1.165) is 76.7 Å². The van der Waals surface area contributed by atoms with Gasteiger partial charge in [0, 0.05) is 57.0 Å². The van der Waals surface area contributed by atoms with Crippen molar-refractivity contribution in [3.63, 3.8) is 0 Å². The first-order valence-corrected chi connectivity index (χ1v) is 14.9. The molecule has 8 heteroatoms. The molecule has 0 aromatic carbocycles. The molecule has 5 rings (SSSR count). The van der Waals surface area contributed by atoms with Crippen molar-refractivity contribution in [3.8, 4) is 0 Å². The van der Waals surface area contributed by atoms with Crippen LogP contribution in [0.5, 0.6) is 0 Å². The molecule has 1 amide bonds. The molecule has 3 aliphatic heterocycles. The minimum Gasteiger partial charge on any atom is -0.356 e. The SMILES string of the molecule is O=C(NCCC1C(Nc2nccc(N3CCCCCC3)n2)CCN1C1CCCCC1)[C@H]1CCCNC1. The molecular weight excluding hydrogens is 450 g/mol. The Morgan fingerprint density at radius 2 is 1.78 bits per heavy atom. The van der Waals surface area contributed by atoms with Gasteiger partial charge in [-0.3, -0.25) is 9.69 Å². The van der Waals surface area contributed by atoms with Crippen LogP contribution < -0.4 is 20.9 Å². The Balaban J connectivity index is 1.22. The molecule has 4 heterocycles. The van der Waals surface area contributed by atoms with E-state index in [9.17, 15) is 4.79 Å². The molecule has 1 saturated carbocycles. The van der Waals surface area contributed by atoms with Gasteiger partial charge in [-0.25, -0.2) is 4.98 Å². The number of hydrogen-bond donors (Lipinski definition) is 3. The van der Waals surface area contributed by atoms with Crippen molar-refractivity contribution in [2.45, 2.75) is 102 Å². The summed E-state index contributed by atoms with van der Waals surface area (Å²) in [6.07, 6.45) is 17.9. The van der Waals surface area contributed by atoms with Crippen molar-refractivity contribution in [2.75, 3.05) is 49.5 Å². The molecule has 0 bridgehead atoms. The number of rotatable bonds is 8. The van der Waals surface area contributed by atoms with Crippen LogP contribution in [0.25, 0.3) is 0 Å². The molecular formula is C28H47N7O. The molecule has 1 aromatic rings. The van der Waals surface area contributed by atoms with Gasteiger partial charge in [-0.15, -0.1) is 0 Å². The second-order valence-electron chi connectivity index (χ2n) is 11.4. The van der Waals surface area contributed by atoms with Gasteiger partial charge in [-0.2, -0.15) is 4.98 Å². The number of piperidine rings is 1. The first-order valence-electron chi connectivity index (χ1n) is 14.9. The summed E-state index contributed by atoms with van der Waals surface area (Å²) in [5.74, 6) is 2.17. The van der Waals surface area contributed by atoms with E-state index in [-0.39, 0.29) is 11.8 Å². The number of amides is 1. The van der Waals surface area contributed by atoms with Crippen molar-refractivity contribution in [1.29, 1.82) is 0 Å². The standard InChI is InChI=1S/C28H47N7O/c36-27(22-9-8-15-29-21-22)30-16-12-25-24(14-20-35(25)23-10-4-3-5-11-23)32-28-31-17-13-26(33-28)34-18-6-1-2-7-19-34/h13,17,22-25,29H,1-12,14-16,18-21H2,(H,30,36)(H,31,32,33)/t22-,24?,25?/m0/s1. The number of nitrogens with zero attached hydrogens (tertiary/aromatic N) is 4. The van der Waals surface area contributed by atoms with Gasteiger partial charge >= 0.3 is 0 Å². The van der Waals surface area contributed by atoms with Crippen molar-refractivity contribution >= 4 is 17.7 Å². The second kappa shape index (κ2) is 13.0. The topological polar surface area (TPSA) is 85.4 Å². The van der Waals surface area contributed by atoms with E-state index in [0.29, 0.717) is 18.1 Å². The number of likely N-dealkylation sites (tertiary alicyclic amines) is 1. The maximum absolute atomic E-state index is 12.7. The Morgan fingerprint density at radius 1 is 0.972 bits per heavy atom. The van der Waals surface area contributed by atoms with Crippen LogP contribution in [0, 0.1) is 5.92 Å². The molecule has 200 valence electrons. The third-order valence-corrected chi connectivity index (χ3v) is 8.92. The highest BCUT2D eigenvalue weighted by atomic mass is 16.1. The fraction of sp³-hybridized carbons (Fsp3) is 0.821. The Hall–Kier alpha value is -1.93. The second-order valence-corrected chi connectivity index (χ2v) is 11.4. The Bertz CT molecular complexity index is 816.